The van der Waals surface area contributed by atoms with E-state index >= 15 is 0 Å². The molecule has 3 aromatic rings. The molecule has 2 aromatic carbocycles. The van der Waals surface area contributed by atoms with Crippen molar-refractivity contribution in [3.63, 3.8) is 0 Å². The second kappa shape index (κ2) is 14.1. The highest BCUT2D eigenvalue weighted by molar-refractivity contribution is 6.30. The number of carbonyl (C=O) groups is 2. The maximum atomic E-state index is 13.1. The van der Waals surface area contributed by atoms with Crippen molar-refractivity contribution in [1.29, 1.82) is 0 Å². The van der Waals surface area contributed by atoms with Crippen LogP contribution < -0.4 is 10.9 Å². The number of para-hydroxylation sites is 1. The van der Waals surface area contributed by atoms with Gasteiger partial charge in [-0.2, -0.15) is 0 Å². The SMILES string of the molecule is O=C(NC(Cc1cc(=O)[nH]c2ccccc12)C(=O)OCCCCCCN1CCOCC1)c1ccc(Cl)cc1. The molecule has 38 heavy (non-hydrogen) atoms. The Bertz CT molecular complexity index is 1270. The molecule has 1 amide bonds. The third-order valence-electron chi connectivity index (χ3n) is 6.67. The molecule has 0 aliphatic carbocycles. The van der Waals surface area contributed by atoms with Crippen molar-refractivity contribution in [2.45, 2.75) is 38.1 Å². The Kier molecular flexibility index (Phi) is 10.3. The fourth-order valence-electron chi connectivity index (χ4n) is 4.59. The molecule has 4 rings (SSSR count). The van der Waals surface area contributed by atoms with E-state index in [0.717, 1.165) is 63.9 Å². The van der Waals surface area contributed by atoms with E-state index in [9.17, 15) is 14.4 Å². The number of aromatic amines is 1. The Morgan fingerprint density at radius 1 is 1.03 bits per heavy atom. The van der Waals surface area contributed by atoms with Crippen LogP contribution in [0.5, 0.6) is 0 Å². The van der Waals surface area contributed by atoms with E-state index in [0.29, 0.717) is 21.7 Å². The number of ether oxygens (including phenoxy) is 2. The molecule has 1 saturated heterocycles. The zero-order valence-electron chi connectivity index (χ0n) is 21.4. The molecule has 0 radical (unpaired) electrons. The molecule has 0 bridgehead atoms. The molecule has 202 valence electrons. The van der Waals surface area contributed by atoms with Crippen LogP contribution in [0, 0.1) is 0 Å². The molecule has 8 nitrogen and oxygen atoms in total. The molecule has 1 fully saturated rings. The van der Waals surface area contributed by atoms with Crippen molar-refractivity contribution in [1.82, 2.24) is 15.2 Å². The first-order valence-electron chi connectivity index (χ1n) is 13.1. The number of halogens is 1. The van der Waals surface area contributed by atoms with Crippen LogP contribution >= 0.6 is 11.6 Å². The lowest BCUT2D eigenvalue weighted by Gasteiger charge is -2.26. The smallest absolute Gasteiger partial charge is 0.328 e. The molecular weight excluding hydrogens is 506 g/mol. The lowest BCUT2D eigenvalue weighted by Crippen LogP contribution is -2.43. The molecular formula is C29H34ClN3O5. The summed E-state index contributed by atoms with van der Waals surface area (Å²) in [6.07, 6.45) is 3.99. The number of unbranched alkanes of at least 4 members (excludes halogenated alkanes) is 3. The van der Waals surface area contributed by atoms with Gasteiger partial charge >= 0.3 is 5.97 Å². The molecule has 1 aliphatic heterocycles. The summed E-state index contributed by atoms with van der Waals surface area (Å²) in [6, 6.07) is 14.3. The summed E-state index contributed by atoms with van der Waals surface area (Å²) >= 11 is 5.95. The highest BCUT2D eigenvalue weighted by atomic mass is 35.5. The van der Waals surface area contributed by atoms with Crippen molar-refractivity contribution in [3.05, 3.63) is 81.1 Å². The van der Waals surface area contributed by atoms with Gasteiger partial charge in [-0.25, -0.2) is 4.79 Å². The number of nitrogens with one attached hydrogen (secondary N) is 2. The number of hydrogen-bond donors (Lipinski definition) is 2. The van der Waals surface area contributed by atoms with Crippen LogP contribution in [0.1, 0.15) is 41.6 Å². The van der Waals surface area contributed by atoms with Gasteiger partial charge in [0.05, 0.1) is 19.8 Å². The summed E-state index contributed by atoms with van der Waals surface area (Å²) in [5.41, 5.74) is 1.43. The van der Waals surface area contributed by atoms with E-state index in [-0.39, 0.29) is 18.6 Å². The first-order chi connectivity index (χ1) is 18.5. The maximum Gasteiger partial charge on any atom is 0.328 e. The Morgan fingerprint density at radius 3 is 2.55 bits per heavy atom. The molecule has 1 aliphatic rings. The summed E-state index contributed by atoms with van der Waals surface area (Å²) in [6.45, 7) is 4.93. The maximum absolute atomic E-state index is 13.1. The van der Waals surface area contributed by atoms with Crippen molar-refractivity contribution in [3.8, 4) is 0 Å². The average Bonchev–Trinajstić information content (AvgIpc) is 2.92. The van der Waals surface area contributed by atoms with Gasteiger partial charge in [0.25, 0.3) is 5.91 Å². The van der Waals surface area contributed by atoms with Crippen LogP contribution in [0.25, 0.3) is 10.9 Å². The molecule has 0 spiro atoms. The highest BCUT2D eigenvalue weighted by Crippen LogP contribution is 2.17. The Morgan fingerprint density at radius 2 is 1.76 bits per heavy atom. The summed E-state index contributed by atoms with van der Waals surface area (Å²) < 4.78 is 11.0. The molecule has 1 atom stereocenters. The van der Waals surface area contributed by atoms with E-state index in [1.807, 2.05) is 18.2 Å². The number of morpholine rings is 1. The number of benzene rings is 2. The topological polar surface area (TPSA) is 101 Å². The Balaban J connectivity index is 1.35. The van der Waals surface area contributed by atoms with Gasteiger partial charge in [0.1, 0.15) is 6.04 Å². The second-order valence-corrected chi connectivity index (χ2v) is 9.91. The number of amides is 1. The monoisotopic (exact) mass is 539 g/mol. The van der Waals surface area contributed by atoms with Gasteiger partial charge < -0.3 is 19.8 Å². The van der Waals surface area contributed by atoms with Crippen molar-refractivity contribution in [2.24, 2.45) is 0 Å². The fraction of sp³-hybridized carbons (Fsp3) is 0.414. The van der Waals surface area contributed by atoms with E-state index in [4.69, 9.17) is 21.1 Å². The van der Waals surface area contributed by atoms with Gasteiger partial charge in [-0.05, 0) is 55.3 Å². The Labute approximate surface area is 227 Å². The van der Waals surface area contributed by atoms with Gasteiger partial charge in [0.2, 0.25) is 5.56 Å². The van der Waals surface area contributed by atoms with E-state index in [2.05, 4.69) is 15.2 Å². The predicted molar refractivity (Wildman–Crippen MR) is 148 cm³/mol. The van der Waals surface area contributed by atoms with Crippen LogP contribution in [0.4, 0.5) is 0 Å². The zero-order valence-corrected chi connectivity index (χ0v) is 22.2. The van der Waals surface area contributed by atoms with Crippen molar-refractivity contribution >= 4 is 34.4 Å². The molecule has 0 saturated carbocycles. The third-order valence-corrected chi connectivity index (χ3v) is 6.93. The number of hydrogen-bond acceptors (Lipinski definition) is 6. The van der Waals surface area contributed by atoms with Gasteiger partial charge in [-0.15, -0.1) is 0 Å². The van der Waals surface area contributed by atoms with Crippen LogP contribution in [-0.2, 0) is 20.7 Å². The molecule has 2 heterocycles. The van der Waals surface area contributed by atoms with Crippen LogP contribution in [0.3, 0.4) is 0 Å². The average molecular weight is 540 g/mol. The molecule has 2 N–H and O–H groups in total. The third kappa shape index (κ3) is 8.15. The zero-order chi connectivity index (χ0) is 26.7. The minimum absolute atomic E-state index is 0.127. The summed E-state index contributed by atoms with van der Waals surface area (Å²) in [5, 5.41) is 4.12. The molecule has 9 heteroatoms. The minimum atomic E-state index is -0.954. The van der Waals surface area contributed by atoms with E-state index in [1.54, 1.807) is 30.3 Å². The second-order valence-electron chi connectivity index (χ2n) is 9.48. The largest absolute Gasteiger partial charge is 0.464 e. The predicted octanol–water partition coefficient (Wildman–Crippen LogP) is 3.96. The number of pyridine rings is 1. The molecule has 1 aromatic heterocycles. The molecule has 1 unspecified atom stereocenters. The number of nitrogens with zero attached hydrogens (tertiary/aromatic N) is 1. The first-order valence-corrected chi connectivity index (χ1v) is 13.5. The quantitative estimate of drug-likeness (QED) is 0.267. The van der Waals surface area contributed by atoms with E-state index < -0.39 is 17.9 Å². The summed E-state index contributed by atoms with van der Waals surface area (Å²) in [7, 11) is 0. The van der Waals surface area contributed by atoms with Crippen LogP contribution in [-0.4, -0.2) is 67.3 Å². The first kappa shape index (κ1) is 27.8. The Hall–Kier alpha value is -3.20. The van der Waals surface area contributed by atoms with Gasteiger partial charge in [0, 0.05) is 47.1 Å². The lowest BCUT2D eigenvalue weighted by molar-refractivity contribution is -0.146. The number of H-pyrrole nitrogens is 1. The number of fused-ring (bicyclic) bond motifs is 1. The summed E-state index contributed by atoms with van der Waals surface area (Å²) in [5.74, 6) is -0.939. The number of carbonyl (C=O) groups excluding carboxylic acids is 2. The number of rotatable bonds is 12. The van der Waals surface area contributed by atoms with Gasteiger partial charge in [-0.1, -0.05) is 42.6 Å². The van der Waals surface area contributed by atoms with Crippen LogP contribution in [0.15, 0.2) is 59.4 Å². The highest BCUT2D eigenvalue weighted by Gasteiger charge is 2.24. The lowest BCUT2D eigenvalue weighted by atomic mass is 10.0. The standard InChI is InChI=1S/C29H34ClN3O5/c30-23-11-9-21(10-12-23)28(35)32-26(19-22-20-27(34)31-25-8-4-3-7-24(22)25)29(36)38-16-6-2-1-5-13-33-14-17-37-18-15-33/h3-4,7-12,20,26H,1-2,5-6,13-19H2,(H,31,34)(H,32,35). The normalized spacial score (nSPS) is 14.8. The fourth-order valence-corrected chi connectivity index (χ4v) is 4.72. The van der Waals surface area contributed by atoms with Crippen LogP contribution in [0.2, 0.25) is 5.02 Å². The van der Waals surface area contributed by atoms with Gasteiger partial charge in [0.15, 0.2) is 0 Å². The summed E-state index contributed by atoms with van der Waals surface area (Å²) in [4.78, 5) is 43.5. The van der Waals surface area contributed by atoms with E-state index in [1.165, 1.54) is 6.07 Å². The number of aromatic nitrogens is 1. The van der Waals surface area contributed by atoms with Gasteiger partial charge in [-0.3, -0.25) is 14.5 Å². The minimum Gasteiger partial charge on any atom is -0.464 e. The van der Waals surface area contributed by atoms with Crippen molar-refractivity contribution in [2.75, 3.05) is 39.5 Å². The van der Waals surface area contributed by atoms with Crippen molar-refractivity contribution < 1.29 is 19.1 Å². The number of esters is 1.